The number of aryl methyl sites for hydroxylation is 1. The van der Waals surface area contributed by atoms with E-state index in [0.717, 1.165) is 24.8 Å². The van der Waals surface area contributed by atoms with E-state index in [0.29, 0.717) is 19.6 Å². The minimum Gasteiger partial charge on any atom is -0.444 e. The number of nitrogens with two attached hydrogens (primary N) is 1. The van der Waals surface area contributed by atoms with Crippen LogP contribution in [0.15, 0.2) is 24.3 Å². The lowest BCUT2D eigenvalue weighted by molar-refractivity contribution is -0.125. The summed E-state index contributed by atoms with van der Waals surface area (Å²) >= 11 is 0. The van der Waals surface area contributed by atoms with Crippen molar-refractivity contribution in [1.29, 1.82) is 0 Å². The first-order chi connectivity index (χ1) is 16.6. The van der Waals surface area contributed by atoms with Crippen molar-refractivity contribution in [2.75, 3.05) is 26.9 Å². The smallest absolute Gasteiger partial charge is 0.407 e. The van der Waals surface area contributed by atoms with Crippen LogP contribution in [0, 0.1) is 0 Å². The van der Waals surface area contributed by atoms with E-state index in [-0.39, 0.29) is 31.6 Å². The molecule has 4 N–H and O–H groups in total. The van der Waals surface area contributed by atoms with Gasteiger partial charge in [-0.05, 0) is 57.6 Å². The number of amides is 3. The number of alkyl carbamates (subject to hydrolysis) is 1. The molecule has 35 heavy (non-hydrogen) atoms. The van der Waals surface area contributed by atoms with E-state index in [9.17, 15) is 14.4 Å². The number of unbranched alkanes of at least 4 members (excludes halogenated alkanes) is 1. The van der Waals surface area contributed by atoms with Gasteiger partial charge in [-0.1, -0.05) is 38.1 Å². The maximum atomic E-state index is 12.0. The molecule has 1 aromatic rings. The highest BCUT2D eigenvalue weighted by Gasteiger charge is 2.20. The monoisotopic (exact) mass is 495 g/mol. The van der Waals surface area contributed by atoms with E-state index in [1.165, 1.54) is 5.56 Å². The highest BCUT2D eigenvalue weighted by atomic mass is 16.6. The fraction of sp³-hybridized carbons (Fsp3) is 0.654. The van der Waals surface area contributed by atoms with Gasteiger partial charge in [-0.2, -0.15) is 0 Å². The number of carbonyl (C=O) groups excluding carboxylic acids is 3. The van der Waals surface area contributed by atoms with E-state index in [2.05, 4.69) is 22.8 Å². The highest BCUT2D eigenvalue weighted by molar-refractivity contribution is 5.76. The molecule has 0 saturated heterocycles. The summed E-state index contributed by atoms with van der Waals surface area (Å²) < 4.78 is 16.3. The minimum absolute atomic E-state index is 0.0991. The van der Waals surface area contributed by atoms with Crippen LogP contribution < -0.4 is 16.4 Å². The lowest BCUT2D eigenvalue weighted by atomic mass is 10.1. The number of hydrogen-bond acceptors (Lipinski definition) is 6. The first-order valence-corrected chi connectivity index (χ1v) is 12.3. The Labute approximate surface area is 210 Å². The standard InChI is InChI=1S/C24H39N3O6.C2H6/c1-24(2,3)33-23(30)27-20(12-13-21(25)28)16-32-15-19-10-8-18(9-11-19)7-5-6-14-31-17-22(29)26-4;1-2/h8-11,20H,5-7,12-17H2,1-4H3,(H2,25,28)(H,26,29)(H,27,30);1-2H3. The maximum absolute atomic E-state index is 12.0. The predicted octanol–water partition coefficient (Wildman–Crippen LogP) is 3.47. The second-order valence-corrected chi connectivity index (χ2v) is 8.86. The van der Waals surface area contributed by atoms with E-state index < -0.39 is 17.6 Å². The molecule has 0 fully saturated rings. The first-order valence-electron chi connectivity index (χ1n) is 12.3. The first kappa shape index (κ1) is 32.4. The van der Waals surface area contributed by atoms with Crippen molar-refractivity contribution in [2.24, 2.45) is 5.73 Å². The molecule has 0 aliphatic carbocycles. The molecular formula is C26H45N3O6. The van der Waals surface area contributed by atoms with Crippen LogP contribution in [0.1, 0.15) is 71.4 Å². The Morgan fingerprint density at radius 1 is 1.00 bits per heavy atom. The van der Waals surface area contributed by atoms with Crippen molar-refractivity contribution in [3.63, 3.8) is 0 Å². The summed E-state index contributed by atoms with van der Waals surface area (Å²) in [6, 6.07) is 7.77. The molecule has 0 bridgehead atoms. The molecule has 1 unspecified atom stereocenters. The molecule has 0 saturated carbocycles. The van der Waals surface area contributed by atoms with Gasteiger partial charge in [0.15, 0.2) is 0 Å². The van der Waals surface area contributed by atoms with Gasteiger partial charge < -0.3 is 30.6 Å². The van der Waals surface area contributed by atoms with Crippen LogP contribution in [0.5, 0.6) is 0 Å². The molecule has 1 aromatic carbocycles. The molecule has 0 spiro atoms. The summed E-state index contributed by atoms with van der Waals surface area (Å²) in [4.78, 5) is 34.2. The van der Waals surface area contributed by atoms with Crippen molar-refractivity contribution < 1.29 is 28.6 Å². The zero-order chi connectivity index (χ0) is 26.7. The normalized spacial score (nSPS) is 11.6. The number of ether oxygens (including phenoxy) is 3. The average molecular weight is 496 g/mol. The molecule has 1 rings (SSSR count). The summed E-state index contributed by atoms with van der Waals surface area (Å²) in [6.45, 7) is 10.6. The molecule has 200 valence electrons. The Bertz CT molecular complexity index is 732. The molecule has 0 radical (unpaired) electrons. The zero-order valence-electron chi connectivity index (χ0n) is 22.3. The van der Waals surface area contributed by atoms with Gasteiger partial charge in [-0.25, -0.2) is 4.79 Å². The third-order valence-electron chi connectivity index (χ3n) is 4.59. The lowest BCUT2D eigenvalue weighted by Crippen LogP contribution is -2.42. The Morgan fingerprint density at radius 3 is 2.20 bits per heavy atom. The van der Waals surface area contributed by atoms with Crippen LogP contribution in [-0.2, 0) is 36.8 Å². The maximum Gasteiger partial charge on any atom is 0.407 e. The molecule has 0 heterocycles. The molecular weight excluding hydrogens is 450 g/mol. The fourth-order valence-corrected chi connectivity index (χ4v) is 2.88. The topological polar surface area (TPSA) is 129 Å². The van der Waals surface area contributed by atoms with Crippen molar-refractivity contribution in [3.8, 4) is 0 Å². The number of hydrogen-bond donors (Lipinski definition) is 3. The number of primary amides is 1. The Morgan fingerprint density at radius 2 is 1.63 bits per heavy atom. The number of nitrogens with one attached hydrogen (secondary N) is 2. The van der Waals surface area contributed by atoms with Crippen molar-refractivity contribution in [1.82, 2.24) is 10.6 Å². The minimum atomic E-state index is -0.612. The Kier molecular flexibility index (Phi) is 17.2. The van der Waals surface area contributed by atoms with E-state index in [1.54, 1.807) is 27.8 Å². The van der Waals surface area contributed by atoms with Gasteiger partial charge in [0.2, 0.25) is 11.8 Å². The summed E-state index contributed by atoms with van der Waals surface area (Å²) in [5.74, 6) is -0.549. The van der Waals surface area contributed by atoms with E-state index in [1.807, 2.05) is 26.0 Å². The molecule has 1 atom stereocenters. The third kappa shape index (κ3) is 18.4. The van der Waals surface area contributed by atoms with Crippen molar-refractivity contribution in [2.45, 2.75) is 85.0 Å². The Hall–Kier alpha value is -2.65. The number of rotatable bonds is 15. The van der Waals surface area contributed by atoms with E-state index >= 15 is 0 Å². The average Bonchev–Trinajstić information content (AvgIpc) is 2.80. The fourth-order valence-electron chi connectivity index (χ4n) is 2.88. The van der Waals surface area contributed by atoms with Crippen LogP contribution in [0.4, 0.5) is 4.79 Å². The third-order valence-corrected chi connectivity index (χ3v) is 4.59. The van der Waals surface area contributed by atoms with Gasteiger partial charge in [0.05, 0.1) is 19.3 Å². The van der Waals surface area contributed by atoms with Gasteiger partial charge in [-0.15, -0.1) is 0 Å². The van der Waals surface area contributed by atoms with Crippen LogP contribution in [-0.4, -0.2) is 56.4 Å². The molecule has 0 aromatic heterocycles. The second-order valence-electron chi connectivity index (χ2n) is 8.86. The van der Waals surface area contributed by atoms with Crippen LogP contribution in [0.2, 0.25) is 0 Å². The second kappa shape index (κ2) is 18.6. The number of likely N-dealkylation sites (N-methyl/N-ethyl adjacent to an activating group) is 1. The van der Waals surface area contributed by atoms with Crippen molar-refractivity contribution in [3.05, 3.63) is 35.4 Å². The highest BCUT2D eigenvalue weighted by Crippen LogP contribution is 2.11. The van der Waals surface area contributed by atoms with Crippen molar-refractivity contribution >= 4 is 17.9 Å². The molecule has 3 amide bonds. The largest absolute Gasteiger partial charge is 0.444 e. The lowest BCUT2D eigenvalue weighted by Gasteiger charge is -2.23. The van der Waals surface area contributed by atoms with E-state index in [4.69, 9.17) is 19.9 Å². The van der Waals surface area contributed by atoms with Gasteiger partial charge in [0, 0.05) is 20.1 Å². The van der Waals surface area contributed by atoms with Gasteiger partial charge in [-0.3, -0.25) is 9.59 Å². The SMILES string of the molecule is CC.CNC(=O)COCCCCc1ccc(COCC(CCC(N)=O)NC(=O)OC(C)(C)C)cc1. The van der Waals surface area contributed by atoms with Crippen LogP contribution in [0.3, 0.4) is 0 Å². The molecule has 0 aliphatic heterocycles. The Balaban J connectivity index is 0.00000562. The predicted molar refractivity (Wildman–Crippen MR) is 137 cm³/mol. The number of benzene rings is 1. The van der Waals surface area contributed by atoms with Crippen LogP contribution >= 0.6 is 0 Å². The van der Waals surface area contributed by atoms with Crippen LogP contribution in [0.25, 0.3) is 0 Å². The van der Waals surface area contributed by atoms with Gasteiger partial charge >= 0.3 is 6.09 Å². The zero-order valence-corrected chi connectivity index (χ0v) is 22.3. The van der Waals surface area contributed by atoms with Gasteiger partial charge in [0.1, 0.15) is 12.2 Å². The molecule has 9 nitrogen and oxygen atoms in total. The quantitative estimate of drug-likeness (QED) is 0.320. The summed E-state index contributed by atoms with van der Waals surface area (Å²) in [5.41, 5.74) is 6.86. The summed E-state index contributed by atoms with van der Waals surface area (Å²) in [5, 5.41) is 5.26. The number of carbonyl (C=O) groups is 3. The molecule has 9 heteroatoms. The molecule has 0 aliphatic rings. The summed E-state index contributed by atoms with van der Waals surface area (Å²) in [6.07, 6.45) is 2.76. The van der Waals surface area contributed by atoms with Gasteiger partial charge in [0.25, 0.3) is 0 Å². The summed E-state index contributed by atoms with van der Waals surface area (Å²) in [7, 11) is 1.59.